The number of carbonyl (C=O) groups is 1. The van der Waals surface area contributed by atoms with Crippen LogP contribution in [0.4, 0.5) is 5.69 Å². The Morgan fingerprint density at radius 3 is 2.62 bits per heavy atom. The lowest BCUT2D eigenvalue weighted by Crippen LogP contribution is -2.31. The van der Waals surface area contributed by atoms with E-state index in [0.29, 0.717) is 6.54 Å². The van der Waals surface area contributed by atoms with E-state index >= 15 is 0 Å². The van der Waals surface area contributed by atoms with E-state index in [9.17, 15) is 4.79 Å². The average molecular weight is 286 g/mol. The number of nitrogens with zero attached hydrogens (tertiary/aromatic N) is 1. The highest BCUT2D eigenvalue weighted by molar-refractivity contribution is 5.80. The van der Waals surface area contributed by atoms with Gasteiger partial charge >= 0.3 is 0 Å². The van der Waals surface area contributed by atoms with Gasteiger partial charge in [-0.05, 0) is 50.1 Å². The summed E-state index contributed by atoms with van der Waals surface area (Å²) in [7, 11) is 1.78. The van der Waals surface area contributed by atoms with E-state index in [-0.39, 0.29) is 12.5 Å². The average Bonchev–Trinajstić information content (AvgIpc) is 2.84. The van der Waals surface area contributed by atoms with E-state index in [0.717, 1.165) is 22.8 Å². The molecule has 0 aliphatic rings. The Morgan fingerprint density at radius 1 is 1.19 bits per heavy atom. The molecule has 0 bridgehead atoms. The summed E-state index contributed by atoms with van der Waals surface area (Å²) in [6.07, 6.45) is 0. The minimum Gasteiger partial charge on any atom is -0.464 e. The lowest BCUT2D eigenvalue weighted by molar-refractivity contribution is -0.128. The Balaban J connectivity index is 1.90. The Bertz CT molecular complexity index is 631. The molecule has 1 amide bonds. The topological polar surface area (TPSA) is 45.5 Å². The Morgan fingerprint density at radius 2 is 1.95 bits per heavy atom. The first-order valence-corrected chi connectivity index (χ1v) is 7.06. The van der Waals surface area contributed by atoms with E-state index in [4.69, 9.17) is 4.42 Å². The smallest absolute Gasteiger partial charge is 0.242 e. The predicted octanol–water partition coefficient (Wildman–Crippen LogP) is 3.28. The van der Waals surface area contributed by atoms with Gasteiger partial charge in [-0.15, -0.1) is 0 Å². The van der Waals surface area contributed by atoms with E-state index in [2.05, 4.69) is 23.5 Å². The molecule has 2 aromatic rings. The SMILES string of the molecule is Cc1ccc(C)c(NCC(=O)N(C)Cc2ccc(C)o2)c1. The highest BCUT2D eigenvalue weighted by atomic mass is 16.3. The van der Waals surface area contributed by atoms with Crippen LogP contribution in [0, 0.1) is 20.8 Å². The zero-order valence-corrected chi connectivity index (χ0v) is 13.1. The van der Waals surface area contributed by atoms with Gasteiger partial charge in [0.05, 0.1) is 13.1 Å². The first-order valence-electron chi connectivity index (χ1n) is 7.06. The molecule has 0 atom stereocenters. The number of furan rings is 1. The molecule has 1 heterocycles. The molecule has 0 saturated carbocycles. The summed E-state index contributed by atoms with van der Waals surface area (Å²) in [5, 5.41) is 3.20. The number of anilines is 1. The molecule has 0 fully saturated rings. The van der Waals surface area contributed by atoms with E-state index in [1.54, 1.807) is 11.9 Å². The number of carbonyl (C=O) groups excluding carboxylic acids is 1. The highest BCUT2D eigenvalue weighted by Crippen LogP contribution is 2.16. The summed E-state index contributed by atoms with van der Waals surface area (Å²) in [5.41, 5.74) is 3.32. The van der Waals surface area contributed by atoms with Crippen molar-refractivity contribution in [1.82, 2.24) is 4.90 Å². The van der Waals surface area contributed by atoms with Crippen molar-refractivity contribution < 1.29 is 9.21 Å². The maximum absolute atomic E-state index is 12.1. The van der Waals surface area contributed by atoms with Crippen LogP contribution in [0.2, 0.25) is 0 Å². The number of rotatable bonds is 5. The van der Waals surface area contributed by atoms with Gasteiger partial charge in [-0.3, -0.25) is 4.79 Å². The van der Waals surface area contributed by atoms with Crippen LogP contribution in [0.15, 0.2) is 34.7 Å². The summed E-state index contributed by atoms with van der Waals surface area (Å²) in [5.74, 6) is 1.69. The summed E-state index contributed by atoms with van der Waals surface area (Å²) in [6.45, 7) is 6.73. The lowest BCUT2D eigenvalue weighted by atomic mass is 10.1. The molecule has 4 nitrogen and oxygen atoms in total. The molecule has 0 radical (unpaired) electrons. The second-order valence-electron chi connectivity index (χ2n) is 5.43. The fraction of sp³-hybridized carbons (Fsp3) is 0.353. The first-order chi connectivity index (χ1) is 9.95. The summed E-state index contributed by atoms with van der Waals surface area (Å²) in [6, 6.07) is 9.98. The van der Waals surface area contributed by atoms with Gasteiger partial charge in [-0.1, -0.05) is 12.1 Å². The summed E-state index contributed by atoms with van der Waals surface area (Å²) in [4.78, 5) is 13.8. The third-order valence-electron chi connectivity index (χ3n) is 3.44. The third kappa shape index (κ3) is 4.12. The van der Waals surface area contributed by atoms with Gasteiger partial charge in [0.25, 0.3) is 0 Å². The van der Waals surface area contributed by atoms with Crippen LogP contribution >= 0.6 is 0 Å². The molecular formula is C17H22N2O2. The standard InChI is InChI=1S/C17H22N2O2/c1-12-5-6-13(2)16(9-12)18-10-17(20)19(4)11-15-8-7-14(3)21-15/h5-9,18H,10-11H2,1-4H3. The van der Waals surface area contributed by atoms with Crippen molar-refractivity contribution in [1.29, 1.82) is 0 Å². The molecule has 112 valence electrons. The van der Waals surface area contributed by atoms with E-state index < -0.39 is 0 Å². The van der Waals surface area contributed by atoms with Gasteiger partial charge in [0.2, 0.25) is 5.91 Å². The largest absolute Gasteiger partial charge is 0.464 e. The number of amides is 1. The van der Waals surface area contributed by atoms with Crippen LogP contribution in [-0.4, -0.2) is 24.4 Å². The number of hydrogen-bond donors (Lipinski definition) is 1. The zero-order valence-electron chi connectivity index (χ0n) is 13.1. The number of aryl methyl sites for hydroxylation is 3. The van der Waals surface area contributed by atoms with Gasteiger partial charge in [-0.2, -0.15) is 0 Å². The van der Waals surface area contributed by atoms with Crippen molar-refractivity contribution in [2.75, 3.05) is 18.9 Å². The summed E-state index contributed by atoms with van der Waals surface area (Å²) >= 11 is 0. The third-order valence-corrected chi connectivity index (χ3v) is 3.44. The first kappa shape index (κ1) is 15.2. The van der Waals surface area contributed by atoms with Crippen LogP contribution in [0.25, 0.3) is 0 Å². The molecule has 4 heteroatoms. The molecule has 1 N–H and O–H groups in total. The monoisotopic (exact) mass is 286 g/mol. The summed E-state index contributed by atoms with van der Waals surface area (Å²) < 4.78 is 5.49. The van der Waals surface area contributed by atoms with Gasteiger partial charge in [-0.25, -0.2) is 0 Å². The number of nitrogens with one attached hydrogen (secondary N) is 1. The Labute approximate surface area is 125 Å². The second-order valence-corrected chi connectivity index (χ2v) is 5.43. The molecule has 2 rings (SSSR count). The molecule has 21 heavy (non-hydrogen) atoms. The van der Waals surface area contributed by atoms with Crippen molar-refractivity contribution >= 4 is 11.6 Å². The molecule has 1 aromatic carbocycles. The Hall–Kier alpha value is -2.23. The normalized spacial score (nSPS) is 10.5. The zero-order chi connectivity index (χ0) is 15.4. The molecule has 0 saturated heterocycles. The van der Waals surface area contributed by atoms with E-state index in [1.807, 2.05) is 32.9 Å². The quantitative estimate of drug-likeness (QED) is 0.917. The van der Waals surface area contributed by atoms with Crippen molar-refractivity contribution in [3.63, 3.8) is 0 Å². The maximum atomic E-state index is 12.1. The highest BCUT2D eigenvalue weighted by Gasteiger charge is 2.11. The fourth-order valence-electron chi connectivity index (χ4n) is 2.12. The maximum Gasteiger partial charge on any atom is 0.242 e. The van der Waals surface area contributed by atoms with Crippen molar-refractivity contribution in [3.05, 3.63) is 53.0 Å². The van der Waals surface area contributed by atoms with Gasteiger partial charge < -0.3 is 14.6 Å². The van der Waals surface area contributed by atoms with Gasteiger partial charge in [0.15, 0.2) is 0 Å². The Kier molecular flexibility index (Phi) is 4.68. The molecule has 0 aliphatic heterocycles. The lowest BCUT2D eigenvalue weighted by Gasteiger charge is -2.17. The van der Waals surface area contributed by atoms with Crippen LogP contribution in [0.5, 0.6) is 0 Å². The molecule has 0 aliphatic carbocycles. The molecular weight excluding hydrogens is 264 g/mol. The minimum atomic E-state index is 0.0324. The van der Waals surface area contributed by atoms with Crippen molar-refractivity contribution in [2.24, 2.45) is 0 Å². The van der Waals surface area contributed by atoms with Crippen molar-refractivity contribution in [2.45, 2.75) is 27.3 Å². The molecule has 1 aromatic heterocycles. The van der Waals surface area contributed by atoms with Crippen LogP contribution < -0.4 is 5.32 Å². The van der Waals surface area contributed by atoms with E-state index in [1.165, 1.54) is 5.56 Å². The van der Waals surface area contributed by atoms with Crippen molar-refractivity contribution in [3.8, 4) is 0 Å². The van der Waals surface area contributed by atoms with Gasteiger partial charge in [0, 0.05) is 12.7 Å². The fourth-order valence-corrected chi connectivity index (χ4v) is 2.12. The molecule has 0 spiro atoms. The second kappa shape index (κ2) is 6.48. The number of benzene rings is 1. The van der Waals surface area contributed by atoms with Gasteiger partial charge in [0.1, 0.15) is 11.5 Å². The number of hydrogen-bond acceptors (Lipinski definition) is 3. The van der Waals surface area contributed by atoms with Crippen LogP contribution in [-0.2, 0) is 11.3 Å². The number of likely N-dealkylation sites (N-methyl/N-ethyl adjacent to an activating group) is 1. The predicted molar refractivity (Wildman–Crippen MR) is 84.3 cm³/mol. The molecule has 0 unspecified atom stereocenters. The minimum absolute atomic E-state index is 0.0324. The van der Waals surface area contributed by atoms with Crippen LogP contribution in [0.1, 0.15) is 22.6 Å². The van der Waals surface area contributed by atoms with Crippen LogP contribution in [0.3, 0.4) is 0 Å².